The van der Waals surface area contributed by atoms with E-state index in [0.717, 1.165) is 24.0 Å². The van der Waals surface area contributed by atoms with E-state index in [1.807, 2.05) is 12.1 Å². The van der Waals surface area contributed by atoms with Crippen molar-refractivity contribution < 1.29 is 9.50 Å². The van der Waals surface area contributed by atoms with Gasteiger partial charge in [-0.25, -0.2) is 4.39 Å². The molecule has 2 nitrogen and oxygen atoms in total. The highest BCUT2D eigenvalue weighted by Crippen LogP contribution is 2.41. The molecule has 0 aromatic heterocycles. The summed E-state index contributed by atoms with van der Waals surface area (Å²) in [5, 5.41) is 8.75. The maximum atomic E-state index is 13.6. The zero-order valence-corrected chi connectivity index (χ0v) is 8.62. The second-order valence-corrected chi connectivity index (χ2v) is 4.17. The lowest BCUT2D eigenvalue weighted by Crippen LogP contribution is -2.12. The Morgan fingerprint density at radius 1 is 1.47 bits per heavy atom. The van der Waals surface area contributed by atoms with Gasteiger partial charge in [-0.3, -0.25) is 0 Å². The first-order valence-corrected chi connectivity index (χ1v) is 5.38. The molecule has 0 spiro atoms. The van der Waals surface area contributed by atoms with Crippen LogP contribution in [0.1, 0.15) is 42.3 Å². The van der Waals surface area contributed by atoms with Crippen molar-refractivity contribution in [2.45, 2.75) is 31.2 Å². The largest absolute Gasteiger partial charge is 0.396 e. The molecular formula is C12H16FNO. The van der Waals surface area contributed by atoms with Gasteiger partial charge in [0.15, 0.2) is 0 Å². The van der Waals surface area contributed by atoms with Crippen LogP contribution in [0.5, 0.6) is 0 Å². The third-order valence-electron chi connectivity index (χ3n) is 2.91. The highest BCUT2D eigenvalue weighted by atomic mass is 19.1. The zero-order chi connectivity index (χ0) is 10.8. The highest BCUT2D eigenvalue weighted by molar-refractivity contribution is 5.31. The number of hydrogen-bond acceptors (Lipinski definition) is 2. The van der Waals surface area contributed by atoms with Crippen molar-refractivity contribution in [3.63, 3.8) is 0 Å². The first-order valence-electron chi connectivity index (χ1n) is 5.38. The average Bonchev–Trinajstić information content (AvgIpc) is 3.01. The van der Waals surface area contributed by atoms with Gasteiger partial charge in [-0.2, -0.15) is 0 Å². The van der Waals surface area contributed by atoms with Crippen LogP contribution in [0.4, 0.5) is 4.39 Å². The Kier molecular flexibility index (Phi) is 3.03. The second-order valence-electron chi connectivity index (χ2n) is 4.17. The summed E-state index contributed by atoms with van der Waals surface area (Å²) in [6.07, 6.45) is 2.67. The van der Waals surface area contributed by atoms with E-state index >= 15 is 0 Å². The van der Waals surface area contributed by atoms with Crippen LogP contribution in [0.2, 0.25) is 0 Å². The summed E-state index contributed by atoms with van der Waals surface area (Å²) in [5.41, 5.74) is 7.37. The molecular weight excluding hydrogens is 193 g/mol. The van der Waals surface area contributed by atoms with E-state index < -0.39 is 0 Å². The van der Waals surface area contributed by atoms with Crippen LogP contribution in [0.15, 0.2) is 18.2 Å². The summed E-state index contributed by atoms with van der Waals surface area (Å²) in [4.78, 5) is 0. The topological polar surface area (TPSA) is 46.2 Å². The lowest BCUT2D eigenvalue weighted by molar-refractivity contribution is 0.276. The third-order valence-corrected chi connectivity index (χ3v) is 2.91. The van der Waals surface area contributed by atoms with E-state index in [0.29, 0.717) is 12.3 Å². The molecule has 1 saturated carbocycles. The van der Waals surface area contributed by atoms with E-state index in [4.69, 9.17) is 10.8 Å². The van der Waals surface area contributed by atoms with E-state index in [1.54, 1.807) is 0 Å². The van der Waals surface area contributed by atoms with Crippen LogP contribution < -0.4 is 5.73 Å². The molecule has 0 radical (unpaired) electrons. The third kappa shape index (κ3) is 2.36. The lowest BCUT2D eigenvalue weighted by Gasteiger charge is -2.11. The lowest BCUT2D eigenvalue weighted by atomic mass is 10.0. The van der Waals surface area contributed by atoms with Crippen LogP contribution >= 0.6 is 0 Å². The Balaban J connectivity index is 2.16. The van der Waals surface area contributed by atoms with Crippen LogP contribution in [0.3, 0.4) is 0 Å². The Morgan fingerprint density at radius 3 is 2.73 bits per heavy atom. The predicted molar refractivity (Wildman–Crippen MR) is 57.0 cm³/mol. The standard InChI is InChI=1S/C12H16FNO/c13-11-7-9(12(14)5-6-15)3-4-10(11)8-1-2-8/h3-4,7-8,12,15H,1-2,5-6,14H2. The van der Waals surface area contributed by atoms with E-state index in [-0.39, 0.29) is 18.5 Å². The van der Waals surface area contributed by atoms with E-state index in [1.165, 1.54) is 6.07 Å². The van der Waals surface area contributed by atoms with Crippen molar-refractivity contribution >= 4 is 0 Å². The van der Waals surface area contributed by atoms with Gasteiger partial charge in [-0.05, 0) is 42.4 Å². The SMILES string of the molecule is NC(CCO)c1ccc(C2CC2)c(F)c1. The fourth-order valence-corrected chi connectivity index (χ4v) is 1.81. The summed E-state index contributed by atoms with van der Waals surface area (Å²) < 4.78 is 13.6. The molecule has 1 aromatic rings. The molecule has 1 atom stereocenters. The minimum absolute atomic E-state index is 0.0349. The van der Waals surface area contributed by atoms with Gasteiger partial charge >= 0.3 is 0 Å². The fourth-order valence-electron chi connectivity index (χ4n) is 1.81. The number of aliphatic hydroxyl groups is 1. The van der Waals surface area contributed by atoms with Crippen molar-refractivity contribution in [1.29, 1.82) is 0 Å². The average molecular weight is 209 g/mol. The van der Waals surface area contributed by atoms with Crippen LogP contribution in [0.25, 0.3) is 0 Å². The molecule has 1 fully saturated rings. The Bertz CT molecular complexity index is 349. The van der Waals surface area contributed by atoms with Gasteiger partial charge in [0.05, 0.1) is 0 Å². The Hall–Kier alpha value is -0.930. The predicted octanol–water partition coefficient (Wildman–Crippen LogP) is 2.09. The minimum Gasteiger partial charge on any atom is -0.396 e. The number of nitrogens with two attached hydrogens (primary N) is 1. The van der Waals surface area contributed by atoms with Crippen molar-refractivity contribution in [3.05, 3.63) is 35.1 Å². The van der Waals surface area contributed by atoms with E-state index in [9.17, 15) is 4.39 Å². The first-order chi connectivity index (χ1) is 7.22. The number of rotatable bonds is 4. The number of hydrogen-bond donors (Lipinski definition) is 2. The summed E-state index contributed by atoms with van der Waals surface area (Å²) >= 11 is 0. The molecule has 3 N–H and O–H groups in total. The highest BCUT2D eigenvalue weighted by Gasteiger charge is 2.26. The molecule has 0 aliphatic heterocycles. The molecule has 0 bridgehead atoms. The summed E-state index contributed by atoms with van der Waals surface area (Å²) in [6.45, 7) is 0.0349. The van der Waals surface area contributed by atoms with Crippen molar-refractivity contribution in [2.75, 3.05) is 6.61 Å². The van der Waals surface area contributed by atoms with Gasteiger partial charge in [0.1, 0.15) is 5.82 Å². The zero-order valence-electron chi connectivity index (χ0n) is 8.62. The molecule has 1 aromatic carbocycles. The van der Waals surface area contributed by atoms with Crippen LogP contribution in [-0.4, -0.2) is 11.7 Å². The smallest absolute Gasteiger partial charge is 0.127 e. The maximum Gasteiger partial charge on any atom is 0.127 e. The normalized spacial score (nSPS) is 17.8. The Morgan fingerprint density at radius 2 is 2.20 bits per heavy atom. The van der Waals surface area contributed by atoms with Crippen molar-refractivity contribution in [3.8, 4) is 0 Å². The first kappa shape index (κ1) is 10.6. The summed E-state index contributed by atoms with van der Waals surface area (Å²) in [6, 6.07) is 4.95. The molecule has 0 saturated heterocycles. The van der Waals surface area contributed by atoms with Gasteiger partial charge in [-0.15, -0.1) is 0 Å². The number of aliphatic hydroxyl groups excluding tert-OH is 1. The summed E-state index contributed by atoms with van der Waals surface area (Å²) in [7, 11) is 0. The Labute approximate surface area is 88.9 Å². The molecule has 1 aliphatic rings. The monoisotopic (exact) mass is 209 g/mol. The van der Waals surface area contributed by atoms with Crippen molar-refractivity contribution in [2.24, 2.45) is 5.73 Å². The van der Waals surface area contributed by atoms with Gasteiger partial charge in [0, 0.05) is 12.6 Å². The van der Waals surface area contributed by atoms with Gasteiger partial charge in [0.2, 0.25) is 0 Å². The van der Waals surface area contributed by atoms with Crippen molar-refractivity contribution in [1.82, 2.24) is 0 Å². The van der Waals surface area contributed by atoms with E-state index in [2.05, 4.69) is 0 Å². The summed E-state index contributed by atoms with van der Waals surface area (Å²) in [5.74, 6) is 0.275. The molecule has 2 rings (SSSR count). The van der Waals surface area contributed by atoms with Gasteiger partial charge in [-0.1, -0.05) is 12.1 Å². The van der Waals surface area contributed by atoms with Crippen LogP contribution in [0, 0.1) is 5.82 Å². The second kappa shape index (κ2) is 4.29. The van der Waals surface area contributed by atoms with Gasteiger partial charge < -0.3 is 10.8 Å². The molecule has 1 unspecified atom stereocenters. The molecule has 1 aliphatic carbocycles. The fraction of sp³-hybridized carbons (Fsp3) is 0.500. The molecule has 82 valence electrons. The molecule has 15 heavy (non-hydrogen) atoms. The number of benzene rings is 1. The molecule has 3 heteroatoms. The molecule has 0 heterocycles. The maximum absolute atomic E-state index is 13.6. The minimum atomic E-state index is -0.266. The van der Waals surface area contributed by atoms with Gasteiger partial charge in [0.25, 0.3) is 0 Å². The molecule has 0 amide bonds. The number of halogens is 1. The quantitative estimate of drug-likeness (QED) is 0.797. The van der Waals surface area contributed by atoms with Crippen LogP contribution in [-0.2, 0) is 0 Å².